The fourth-order valence-electron chi connectivity index (χ4n) is 6.56. The molecule has 2 saturated heterocycles. The van der Waals surface area contributed by atoms with Gasteiger partial charge >= 0.3 is 6.18 Å². The lowest BCUT2D eigenvalue weighted by atomic mass is 9.67. The molecule has 3 fully saturated rings. The first kappa shape index (κ1) is 25.6. The van der Waals surface area contributed by atoms with Gasteiger partial charge in [0.25, 0.3) is 0 Å². The molecule has 0 spiro atoms. The smallest absolute Gasteiger partial charge is 0.372 e. The second-order valence-electron chi connectivity index (χ2n) is 11.6. The van der Waals surface area contributed by atoms with Crippen molar-refractivity contribution in [1.82, 2.24) is 9.80 Å². The van der Waals surface area contributed by atoms with Gasteiger partial charge in [0.15, 0.2) is 0 Å². The third-order valence-corrected chi connectivity index (χ3v) is 9.32. The van der Waals surface area contributed by atoms with Crippen molar-refractivity contribution < 1.29 is 13.2 Å². The Bertz CT molecular complexity index is 970. The van der Waals surface area contributed by atoms with Crippen molar-refractivity contribution in [3.63, 3.8) is 0 Å². The highest BCUT2D eigenvalue weighted by Crippen LogP contribution is 2.53. The Hall–Kier alpha value is -2.01. The van der Waals surface area contributed by atoms with Crippen LogP contribution >= 0.6 is 0 Å². The van der Waals surface area contributed by atoms with E-state index >= 15 is 0 Å². The third kappa shape index (κ3) is 5.61. The Labute approximate surface area is 214 Å². The molecule has 5 heteroatoms. The minimum atomic E-state index is -4.05. The third-order valence-electron chi connectivity index (χ3n) is 9.32. The van der Waals surface area contributed by atoms with Crippen molar-refractivity contribution in [3.8, 4) is 0 Å². The second-order valence-corrected chi connectivity index (χ2v) is 11.6. The molecule has 0 N–H and O–H groups in total. The molecule has 0 unspecified atom stereocenters. The van der Waals surface area contributed by atoms with Crippen molar-refractivity contribution in [1.29, 1.82) is 0 Å². The van der Waals surface area contributed by atoms with Crippen molar-refractivity contribution in [2.45, 2.75) is 76.8 Å². The van der Waals surface area contributed by atoms with E-state index in [2.05, 4.69) is 52.8 Å². The minimum absolute atomic E-state index is 0.212. The maximum Gasteiger partial charge on any atom is 0.395 e. The van der Waals surface area contributed by atoms with Gasteiger partial charge in [-0.1, -0.05) is 49.4 Å². The van der Waals surface area contributed by atoms with E-state index in [1.54, 1.807) is 0 Å². The van der Waals surface area contributed by atoms with Gasteiger partial charge in [0, 0.05) is 25.3 Å². The van der Waals surface area contributed by atoms with E-state index in [0.29, 0.717) is 18.8 Å². The van der Waals surface area contributed by atoms with Gasteiger partial charge in [0.1, 0.15) is 0 Å². The average molecular weight is 499 g/mol. The average Bonchev–Trinajstić information content (AvgIpc) is 3.40. The van der Waals surface area contributed by atoms with Crippen LogP contribution in [-0.4, -0.2) is 48.7 Å². The number of halogens is 3. The van der Waals surface area contributed by atoms with Gasteiger partial charge in [-0.15, -0.1) is 0 Å². The Balaban J connectivity index is 1.07. The van der Waals surface area contributed by atoms with Crippen molar-refractivity contribution in [2.75, 3.05) is 32.7 Å². The first-order valence-electron chi connectivity index (χ1n) is 14.1. The molecule has 0 bridgehead atoms. The molecule has 2 aliphatic carbocycles. The highest BCUT2D eigenvalue weighted by molar-refractivity contribution is 5.69. The zero-order valence-corrected chi connectivity index (χ0v) is 21.6. The number of likely N-dealkylation sites (tertiary alicyclic amines) is 2. The van der Waals surface area contributed by atoms with E-state index in [1.165, 1.54) is 40.8 Å². The summed E-state index contributed by atoms with van der Waals surface area (Å²) in [7, 11) is 0. The highest BCUT2D eigenvalue weighted by atomic mass is 19.4. The van der Waals surface area contributed by atoms with E-state index in [-0.39, 0.29) is 6.54 Å². The number of benzene rings is 1. The van der Waals surface area contributed by atoms with E-state index in [0.717, 1.165) is 71.1 Å². The second kappa shape index (κ2) is 10.8. The highest BCUT2D eigenvalue weighted by Gasteiger charge is 2.58. The first-order valence-corrected chi connectivity index (χ1v) is 14.1. The lowest BCUT2D eigenvalue weighted by molar-refractivity contribution is -0.256. The molecular weight excluding hydrogens is 457 g/mol. The summed E-state index contributed by atoms with van der Waals surface area (Å²) in [4.78, 5) is 4.51. The van der Waals surface area contributed by atoms with E-state index in [1.807, 2.05) is 0 Å². The molecule has 1 aromatic carbocycles. The molecule has 0 aromatic heterocycles. The molecular formula is C31H41F3N2. The van der Waals surface area contributed by atoms with Crippen molar-refractivity contribution in [3.05, 3.63) is 65.4 Å². The van der Waals surface area contributed by atoms with Crippen LogP contribution in [0, 0.1) is 11.3 Å². The normalized spacial score (nSPS) is 23.2. The van der Waals surface area contributed by atoms with Crippen molar-refractivity contribution in [2.24, 2.45) is 11.3 Å². The molecule has 2 heterocycles. The molecule has 0 radical (unpaired) electrons. The van der Waals surface area contributed by atoms with Crippen LogP contribution in [0.2, 0.25) is 0 Å². The lowest BCUT2D eigenvalue weighted by Gasteiger charge is -2.47. The van der Waals surface area contributed by atoms with Crippen molar-refractivity contribution >= 4 is 5.57 Å². The number of nitrogens with zero attached hydrogens (tertiary/aromatic N) is 2. The van der Waals surface area contributed by atoms with E-state index < -0.39 is 11.6 Å². The van der Waals surface area contributed by atoms with Crippen LogP contribution in [0.1, 0.15) is 75.3 Å². The summed E-state index contributed by atoms with van der Waals surface area (Å²) in [6.45, 7) is 8.48. The number of alkyl halides is 3. The Morgan fingerprint density at radius 2 is 1.61 bits per heavy atom. The van der Waals surface area contributed by atoms with Crippen LogP contribution in [0.4, 0.5) is 13.2 Å². The fourth-order valence-corrected chi connectivity index (χ4v) is 6.56. The summed E-state index contributed by atoms with van der Waals surface area (Å²) in [5.74, 6) is 0.623. The molecule has 0 amide bonds. The molecule has 4 aliphatic rings. The zero-order valence-electron chi connectivity index (χ0n) is 21.6. The van der Waals surface area contributed by atoms with Crippen LogP contribution < -0.4 is 0 Å². The van der Waals surface area contributed by atoms with Gasteiger partial charge in [-0.05, 0) is 105 Å². The zero-order chi connectivity index (χ0) is 25.2. The summed E-state index contributed by atoms with van der Waals surface area (Å²) in [5, 5.41) is 0. The van der Waals surface area contributed by atoms with E-state index in [9.17, 15) is 13.2 Å². The molecule has 5 rings (SSSR count). The monoisotopic (exact) mass is 498 g/mol. The quantitative estimate of drug-likeness (QED) is 0.361. The maximum atomic E-state index is 13.5. The molecule has 1 aromatic rings. The number of hydrogen-bond donors (Lipinski definition) is 0. The molecule has 0 atom stereocenters. The lowest BCUT2D eigenvalue weighted by Crippen LogP contribution is -2.53. The summed E-state index contributed by atoms with van der Waals surface area (Å²) in [6, 6.07) is 9.04. The SMILES string of the molecule is C=C(C1=CC=C(c2ccc(CCC3CCN(CC4(C(F)(F)F)CCC4)CC3)cc2)CC1)N1CCCC1. The molecule has 36 heavy (non-hydrogen) atoms. The van der Waals surface area contributed by atoms with Gasteiger partial charge in [-0.3, -0.25) is 0 Å². The molecule has 1 saturated carbocycles. The van der Waals surface area contributed by atoms with Crippen LogP contribution in [0.15, 0.2) is 54.3 Å². The summed E-state index contributed by atoms with van der Waals surface area (Å²) >= 11 is 0. The van der Waals surface area contributed by atoms with Gasteiger partial charge in [0.05, 0.1) is 5.41 Å². The predicted octanol–water partition coefficient (Wildman–Crippen LogP) is 7.78. The van der Waals surface area contributed by atoms with Gasteiger partial charge in [0.2, 0.25) is 0 Å². The number of allylic oxidation sites excluding steroid dienone is 4. The Morgan fingerprint density at radius 3 is 2.17 bits per heavy atom. The minimum Gasteiger partial charge on any atom is -0.372 e. The van der Waals surface area contributed by atoms with Gasteiger partial charge in [-0.25, -0.2) is 0 Å². The first-order chi connectivity index (χ1) is 17.3. The maximum absolute atomic E-state index is 13.5. The number of hydrogen-bond acceptors (Lipinski definition) is 2. The predicted molar refractivity (Wildman–Crippen MR) is 142 cm³/mol. The largest absolute Gasteiger partial charge is 0.395 e. The van der Waals surface area contributed by atoms with Crippen LogP contribution in [-0.2, 0) is 6.42 Å². The number of aryl methyl sites for hydroxylation is 1. The topological polar surface area (TPSA) is 6.48 Å². The Kier molecular flexibility index (Phi) is 7.67. The fraction of sp³-hybridized carbons (Fsp3) is 0.613. The van der Waals surface area contributed by atoms with Gasteiger partial charge in [-0.2, -0.15) is 13.2 Å². The van der Waals surface area contributed by atoms with E-state index in [4.69, 9.17) is 0 Å². The molecule has 2 aliphatic heterocycles. The van der Waals surface area contributed by atoms with Crippen LogP contribution in [0.3, 0.4) is 0 Å². The van der Waals surface area contributed by atoms with Crippen LogP contribution in [0.25, 0.3) is 5.57 Å². The standard InChI is InChI=1S/C31H41F3N2/c1-24(36-19-2-3-20-36)27-11-13-29(14-12-27)28-9-7-25(8-10-28)5-6-26-15-21-35(22-16-26)23-30(17-4-18-30)31(32,33)34/h7-11,13,26H,1-6,12,14-23H2. The number of rotatable bonds is 8. The molecule has 196 valence electrons. The van der Waals surface area contributed by atoms with Gasteiger partial charge < -0.3 is 9.80 Å². The number of piperidine rings is 1. The van der Waals surface area contributed by atoms with Crippen LogP contribution in [0.5, 0.6) is 0 Å². The summed E-state index contributed by atoms with van der Waals surface area (Å²) in [5.41, 5.74) is 5.24. The Morgan fingerprint density at radius 1 is 0.917 bits per heavy atom. The summed E-state index contributed by atoms with van der Waals surface area (Å²) in [6.07, 6.45) is 10.7. The summed E-state index contributed by atoms with van der Waals surface area (Å²) < 4.78 is 40.5. The molecule has 2 nitrogen and oxygen atoms in total.